The van der Waals surface area contributed by atoms with E-state index in [4.69, 9.17) is 9.84 Å². The average molecular weight is 410 g/mol. The van der Waals surface area contributed by atoms with Gasteiger partial charge >= 0.3 is 5.97 Å². The number of fused-ring (bicyclic) bond motifs is 1. The number of aliphatic carboxylic acids is 1. The van der Waals surface area contributed by atoms with Crippen LogP contribution in [0.25, 0.3) is 11.0 Å². The molecule has 0 atom stereocenters. The lowest BCUT2D eigenvalue weighted by Gasteiger charge is -2.08. The van der Waals surface area contributed by atoms with Gasteiger partial charge in [-0.1, -0.05) is 5.21 Å². The number of benzene rings is 2. The topological polar surface area (TPSA) is 106 Å². The average Bonchev–Trinajstić information content (AvgIpc) is 3.10. The van der Waals surface area contributed by atoms with Crippen LogP contribution in [0, 0.1) is 13.8 Å². The van der Waals surface area contributed by atoms with Gasteiger partial charge in [0.15, 0.2) is 0 Å². The molecule has 3 rings (SSSR count). The number of nitrogens with one attached hydrogen (secondary N) is 1. The van der Waals surface area contributed by atoms with Crippen molar-refractivity contribution >= 4 is 22.9 Å². The maximum Gasteiger partial charge on any atom is 0.303 e. The second-order valence-corrected chi connectivity index (χ2v) is 7.22. The summed E-state index contributed by atoms with van der Waals surface area (Å²) in [6.07, 6.45) is 1.22. The number of rotatable bonds is 10. The van der Waals surface area contributed by atoms with E-state index in [9.17, 15) is 9.59 Å². The molecule has 0 aliphatic rings. The highest BCUT2D eigenvalue weighted by atomic mass is 16.5. The predicted octanol–water partition coefficient (Wildman–Crippen LogP) is 3.11. The quantitative estimate of drug-likeness (QED) is 0.498. The summed E-state index contributed by atoms with van der Waals surface area (Å²) in [5.74, 6) is -0.407. The van der Waals surface area contributed by atoms with E-state index in [1.165, 1.54) is 11.1 Å². The molecule has 1 aromatic heterocycles. The van der Waals surface area contributed by atoms with Crippen LogP contribution in [0.15, 0.2) is 36.4 Å². The molecular formula is C22H26N4O4. The Morgan fingerprint density at radius 3 is 2.57 bits per heavy atom. The molecule has 3 aromatic rings. The zero-order valence-corrected chi connectivity index (χ0v) is 17.2. The minimum Gasteiger partial charge on any atom is -0.494 e. The van der Waals surface area contributed by atoms with Gasteiger partial charge in [0.1, 0.15) is 11.3 Å². The molecule has 0 saturated carbocycles. The minimum atomic E-state index is -0.868. The summed E-state index contributed by atoms with van der Waals surface area (Å²) in [6.45, 7) is 5.70. The Balaban J connectivity index is 1.44. The second-order valence-electron chi connectivity index (χ2n) is 7.22. The summed E-state index contributed by atoms with van der Waals surface area (Å²) in [5.41, 5.74) is 4.86. The number of hydrogen-bond donors (Lipinski definition) is 2. The highest BCUT2D eigenvalue weighted by Gasteiger charge is 2.08. The Kier molecular flexibility index (Phi) is 7.00. The van der Waals surface area contributed by atoms with Crippen molar-refractivity contribution in [3.8, 4) is 5.75 Å². The minimum absolute atomic E-state index is 0.0384. The van der Waals surface area contributed by atoms with Crippen molar-refractivity contribution < 1.29 is 19.4 Å². The summed E-state index contributed by atoms with van der Waals surface area (Å²) >= 11 is 0. The van der Waals surface area contributed by atoms with Crippen LogP contribution in [0.1, 0.15) is 40.7 Å². The molecule has 1 heterocycles. The third-order valence-electron chi connectivity index (χ3n) is 4.88. The van der Waals surface area contributed by atoms with E-state index >= 15 is 0 Å². The van der Waals surface area contributed by atoms with Crippen molar-refractivity contribution in [1.82, 2.24) is 20.3 Å². The number of carbonyl (C=O) groups is 2. The Morgan fingerprint density at radius 2 is 1.83 bits per heavy atom. The monoisotopic (exact) mass is 410 g/mol. The Bertz CT molecular complexity index is 1030. The zero-order chi connectivity index (χ0) is 21.5. The SMILES string of the molecule is Cc1cc2nnn(CCCOc3ccc(C(=O)NCCCC(=O)O)cc3)c2cc1C. The maximum atomic E-state index is 12.0. The van der Waals surface area contributed by atoms with E-state index in [0.717, 1.165) is 17.5 Å². The number of carboxylic acids is 1. The van der Waals surface area contributed by atoms with Crippen molar-refractivity contribution in [2.75, 3.05) is 13.2 Å². The maximum absolute atomic E-state index is 12.0. The van der Waals surface area contributed by atoms with E-state index in [1.54, 1.807) is 24.3 Å². The smallest absolute Gasteiger partial charge is 0.303 e. The molecule has 0 unspecified atom stereocenters. The molecule has 0 spiro atoms. The van der Waals surface area contributed by atoms with E-state index in [0.29, 0.717) is 37.4 Å². The molecule has 158 valence electrons. The van der Waals surface area contributed by atoms with Crippen LogP contribution >= 0.6 is 0 Å². The number of hydrogen-bond acceptors (Lipinski definition) is 5. The van der Waals surface area contributed by atoms with Gasteiger partial charge in [0, 0.05) is 31.5 Å². The number of aryl methyl sites for hydroxylation is 3. The van der Waals surface area contributed by atoms with Crippen LogP contribution in [-0.2, 0) is 11.3 Å². The molecule has 0 aliphatic carbocycles. The third-order valence-corrected chi connectivity index (χ3v) is 4.88. The number of nitrogens with zero attached hydrogens (tertiary/aromatic N) is 3. The van der Waals surface area contributed by atoms with Gasteiger partial charge in [0.05, 0.1) is 12.1 Å². The summed E-state index contributed by atoms with van der Waals surface area (Å²) in [5, 5.41) is 19.8. The Morgan fingerprint density at radius 1 is 1.10 bits per heavy atom. The van der Waals surface area contributed by atoms with E-state index < -0.39 is 5.97 Å². The molecule has 0 aliphatic heterocycles. The van der Waals surface area contributed by atoms with Gasteiger partial charge in [0.2, 0.25) is 0 Å². The van der Waals surface area contributed by atoms with E-state index in [-0.39, 0.29) is 12.3 Å². The van der Waals surface area contributed by atoms with E-state index in [1.807, 2.05) is 4.68 Å². The standard InChI is InChI=1S/C22H26N4O4/c1-15-13-19-20(14-16(15)2)26(25-24-19)11-4-12-30-18-8-6-17(7-9-18)22(29)23-10-3-5-21(27)28/h6-9,13-14H,3-5,10-12H2,1-2H3,(H,23,29)(H,27,28). The molecule has 2 N–H and O–H groups in total. The lowest BCUT2D eigenvalue weighted by molar-refractivity contribution is -0.137. The predicted molar refractivity (Wildman–Crippen MR) is 113 cm³/mol. The van der Waals surface area contributed by atoms with Crippen molar-refractivity contribution in [2.24, 2.45) is 0 Å². The molecule has 8 nitrogen and oxygen atoms in total. The van der Waals surface area contributed by atoms with Crippen molar-refractivity contribution in [2.45, 2.75) is 39.7 Å². The van der Waals surface area contributed by atoms with Crippen molar-refractivity contribution in [3.05, 3.63) is 53.1 Å². The van der Waals surface area contributed by atoms with Gasteiger partial charge in [0.25, 0.3) is 5.91 Å². The summed E-state index contributed by atoms with van der Waals surface area (Å²) in [7, 11) is 0. The molecule has 0 fully saturated rings. The third kappa shape index (κ3) is 5.56. The number of carbonyl (C=O) groups excluding carboxylic acids is 1. The highest BCUT2D eigenvalue weighted by Crippen LogP contribution is 2.17. The Hall–Kier alpha value is -3.42. The normalized spacial score (nSPS) is 10.9. The molecule has 1 amide bonds. The highest BCUT2D eigenvalue weighted by molar-refractivity contribution is 5.94. The van der Waals surface area contributed by atoms with Crippen LogP contribution in [0.4, 0.5) is 0 Å². The number of aromatic nitrogens is 3. The van der Waals surface area contributed by atoms with Gasteiger partial charge in [-0.25, -0.2) is 4.68 Å². The summed E-state index contributed by atoms with van der Waals surface area (Å²) in [4.78, 5) is 22.5. The zero-order valence-electron chi connectivity index (χ0n) is 17.2. The van der Waals surface area contributed by atoms with Crippen molar-refractivity contribution in [1.29, 1.82) is 0 Å². The summed E-state index contributed by atoms with van der Waals surface area (Å²) < 4.78 is 7.65. The fraction of sp³-hybridized carbons (Fsp3) is 0.364. The fourth-order valence-electron chi connectivity index (χ4n) is 3.04. The largest absolute Gasteiger partial charge is 0.494 e. The van der Waals surface area contributed by atoms with Crippen LogP contribution in [0.2, 0.25) is 0 Å². The fourth-order valence-corrected chi connectivity index (χ4v) is 3.04. The number of ether oxygens (including phenoxy) is 1. The van der Waals surface area contributed by atoms with E-state index in [2.05, 4.69) is 41.6 Å². The van der Waals surface area contributed by atoms with Crippen LogP contribution in [0.5, 0.6) is 5.75 Å². The van der Waals surface area contributed by atoms with Gasteiger partial charge in [-0.05, 0) is 67.8 Å². The number of carboxylic acid groups (broad SMARTS) is 1. The Labute approximate surface area is 174 Å². The first-order chi connectivity index (χ1) is 14.4. The number of amides is 1. The van der Waals surface area contributed by atoms with Gasteiger partial charge in [-0.3, -0.25) is 9.59 Å². The first kappa shape index (κ1) is 21.3. The second kappa shape index (κ2) is 9.87. The van der Waals surface area contributed by atoms with Gasteiger partial charge in [-0.15, -0.1) is 5.10 Å². The first-order valence-electron chi connectivity index (χ1n) is 9.97. The lowest BCUT2D eigenvalue weighted by Crippen LogP contribution is -2.24. The lowest BCUT2D eigenvalue weighted by atomic mass is 10.1. The molecule has 30 heavy (non-hydrogen) atoms. The van der Waals surface area contributed by atoms with Crippen LogP contribution in [-0.4, -0.2) is 45.1 Å². The molecule has 0 radical (unpaired) electrons. The summed E-state index contributed by atoms with van der Waals surface area (Å²) in [6, 6.07) is 11.0. The first-order valence-corrected chi connectivity index (χ1v) is 9.97. The molecule has 2 aromatic carbocycles. The molecular weight excluding hydrogens is 384 g/mol. The van der Waals surface area contributed by atoms with Gasteiger partial charge in [-0.2, -0.15) is 0 Å². The van der Waals surface area contributed by atoms with Gasteiger partial charge < -0.3 is 15.2 Å². The van der Waals surface area contributed by atoms with Crippen LogP contribution < -0.4 is 10.1 Å². The van der Waals surface area contributed by atoms with Crippen LogP contribution in [0.3, 0.4) is 0 Å². The molecule has 8 heteroatoms. The van der Waals surface area contributed by atoms with Crippen molar-refractivity contribution in [3.63, 3.8) is 0 Å². The molecule has 0 bridgehead atoms. The molecule has 0 saturated heterocycles.